The Labute approximate surface area is 92.3 Å². The summed E-state index contributed by atoms with van der Waals surface area (Å²) in [7, 11) is 0. The number of nitrogens with zero attached hydrogens (tertiary/aromatic N) is 2. The Balaban J connectivity index is 1.87. The first kappa shape index (κ1) is 10.4. The lowest BCUT2D eigenvalue weighted by Crippen LogP contribution is -2.20. The van der Waals surface area contributed by atoms with Crippen molar-refractivity contribution in [2.45, 2.75) is 13.0 Å². The summed E-state index contributed by atoms with van der Waals surface area (Å²) in [5, 5.41) is 9.00. The van der Waals surface area contributed by atoms with E-state index in [-0.39, 0.29) is 0 Å². The van der Waals surface area contributed by atoms with Crippen molar-refractivity contribution in [1.82, 2.24) is 9.88 Å². The number of thiazole rings is 1. The lowest BCUT2D eigenvalue weighted by Gasteiger charge is -2.13. The lowest BCUT2D eigenvalue weighted by atomic mass is 10.1. The summed E-state index contributed by atoms with van der Waals surface area (Å²) in [4.78, 5) is 7.55. The Bertz CT molecular complexity index is 305. The Hall–Kier alpha value is -0.160. The van der Waals surface area contributed by atoms with Crippen molar-refractivity contribution >= 4 is 22.9 Å². The molecule has 0 aromatic carbocycles. The minimum Gasteiger partial charge on any atom is -0.396 e. The number of likely N-dealkylation sites (tertiary alicyclic amines) is 1. The van der Waals surface area contributed by atoms with Crippen LogP contribution in [0, 0.1) is 5.92 Å². The molecule has 1 aliphatic rings. The van der Waals surface area contributed by atoms with E-state index in [1.807, 2.05) is 6.20 Å². The third kappa shape index (κ3) is 2.45. The smallest absolute Gasteiger partial charge is 0.183 e. The molecule has 1 N–H and O–H groups in total. The Morgan fingerprint density at radius 3 is 3.14 bits per heavy atom. The zero-order chi connectivity index (χ0) is 9.97. The van der Waals surface area contributed by atoms with Crippen molar-refractivity contribution in [2.24, 2.45) is 5.92 Å². The fourth-order valence-electron chi connectivity index (χ4n) is 1.78. The van der Waals surface area contributed by atoms with Crippen LogP contribution in [-0.2, 0) is 6.54 Å². The Morgan fingerprint density at radius 1 is 1.71 bits per heavy atom. The molecule has 2 heterocycles. The first-order chi connectivity index (χ1) is 6.78. The number of aliphatic hydroxyl groups is 1. The van der Waals surface area contributed by atoms with E-state index in [4.69, 9.17) is 16.7 Å². The molecule has 0 unspecified atom stereocenters. The van der Waals surface area contributed by atoms with Crippen LogP contribution in [0.1, 0.15) is 11.3 Å². The molecule has 1 atom stereocenters. The predicted octanol–water partition coefficient (Wildman–Crippen LogP) is 1.61. The normalized spacial score (nSPS) is 23.1. The van der Waals surface area contributed by atoms with Gasteiger partial charge in [-0.3, -0.25) is 4.90 Å². The third-order valence-electron chi connectivity index (χ3n) is 2.53. The second-order valence-electron chi connectivity index (χ2n) is 3.65. The van der Waals surface area contributed by atoms with E-state index in [1.165, 1.54) is 16.2 Å². The first-order valence-corrected chi connectivity index (χ1v) is 5.91. The van der Waals surface area contributed by atoms with Gasteiger partial charge in [0.25, 0.3) is 0 Å². The second kappa shape index (κ2) is 4.57. The largest absolute Gasteiger partial charge is 0.396 e. The number of hydrogen-bond donors (Lipinski definition) is 1. The second-order valence-corrected chi connectivity index (χ2v) is 5.35. The highest BCUT2D eigenvalue weighted by atomic mass is 35.5. The van der Waals surface area contributed by atoms with Gasteiger partial charge in [-0.2, -0.15) is 0 Å². The molecule has 0 amide bonds. The van der Waals surface area contributed by atoms with Crippen molar-refractivity contribution in [2.75, 3.05) is 19.7 Å². The maximum Gasteiger partial charge on any atom is 0.183 e. The van der Waals surface area contributed by atoms with E-state index in [0.717, 1.165) is 26.1 Å². The summed E-state index contributed by atoms with van der Waals surface area (Å²) < 4.78 is 0.609. The van der Waals surface area contributed by atoms with Crippen molar-refractivity contribution in [1.29, 1.82) is 0 Å². The molecule has 0 aliphatic carbocycles. The molecular formula is C9H13ClN2OS. The van der Waals surface area contributed by atoms with E-state index < -0.39 is 0 Å². The highest BCUT2D eigenvalue weighted by Gasteiger charge is 2.21. The molecule has 1 aromatic heterocycles. The van der Waals surface area contributed by atoms with Crippen molar-refractivity contribution in [3.8, 4) is 0 Å². The van der Waals surface area contributed by atoms with Crippen LogP contribution in [0.15, 0.2) is 6.20 Å². The van der Waals surface area contributed by atoms with Crippen LogP contribution in [0.5, 0.6) is 0 Å². The summed E-state index contributed by atoms with van der Waals surface area (Å²) in [5.41, 5.74) is 0. The summed E-state index contributed by atoms with van der Waals surface area (Å²) in [5.74, 6) is 0.457. The van der Waals surface area contributed by atoms with Gasteiger partial charge in [-0.15, -0.1) is 11.3 Å². The number of aliphatic hydroxyl groups excluding tert-OH is 1. The summed E-state index contributed by atoms with van der Waals surface area (Å²) in [6.45, 7) is 3.29. The fraction of sp³-hybridized carbons (Fsp3) is 0.667. The molecule has 0 radical (unpaired) electrons. The summed E-state index contributed by atoms with van der Waals surface area (Å²) >= 11 is 7.28. The van der Waals surface area contributed by atoms with Crippen molar-refractivity contribution < 1.29 is 5.11 Å². The van der Waals surface area contributed by atoms with Gasteiger partial charge >= 0.3 is 0 Å². The van der Waals surface area contributed by atoms with Crippen LogP contribution in [0.25, 0.3) is 0 Å². The number of hydrogen-bond acceptors (Lipinski definition) is 4. The van der Waals surface area contributed by atoms with Crippen LogP contribution in [-0.4, -0.2) is 34.7 Å². The van der Waals surface area contributed by atoms with Crippen LogP contribution in [0.3, 0.4) is 0 Å². The lowest BCUT2D eigenvalue weighted by molar-refractivity contribution is 0.220. The van der Waals surface area contributed by atoms with Gasteiger partial charge in [0.15, 0.2) is 4.47 Å². The van der Waals surface area contributed by atoms with Crippen LogP contribution < -0.4 is 0 Å². The number of aromatic nitrogens is 1. The Morgan fingerprint density at radius 2 is 2.57 bits per heavy atom. The molecule has 0 saturated carbocycles. The van der Waals surface area contributed by atoms with E-state index in [1.54, 1.807) is 0 Å². The molecule has 5 heteroatoms. The highest BCUT2D eigenvalue weighted by molar-refractivity contribution is 7.15. The number of halogens is 1. The van der Waals surface area contributed by atoms with Gasteiger partial charge in [0.2, 0.25) is 0 Å². The SMILES string of the molecule is OC[C@@H]1CCN(Cc2cnc(Cl)s2)C1. The van der Waals surface area contributed by atoms with E-state index in [0.29, 0.717) is 17.0 Å². The zero-order valence-electron chi connectivity index (χ0n) is 7.82. The molecule has 2 rings (SSSR count). The van der Waals surface area contributed by atoms with Gasteiger partial charge < -0.3 is 5.11 Å². The van der Waals surface area contributed by atoms with E-state index >= 15 is 0 Å². The maximum absolute atomic E-state index is 9.00. The Kier molecular flexibility index (Phi) is 3.38. The molecule has 3 nitrogen and oxygen atoms in total. The van der Waals surface area contributed by atoms with Crippen molar-refractivity contribution in [3.63, 3.8) is 0 Å². The first-order valence-electron chi connectivity index (χ1n) is 4.71. The van der Waals surface area contributed by atoms with Gasteiger partial charge in [-0.1, -0.05) is 11.6 Å². The number of rotatable bonds is 3. The van der Waals surface area contributed by atoms with Gasteiger partial charge in [-0.25, -0.2) is 4.98 Å². The van der Waals surface area contributed by atoms with Gasteiger partial charge in [0, 0.05) is 30.8 Å². The van der Waals surface area contributed by atoms with Crippen LogP contribution in [0.4, 0.5) is 0 Å². The van der Waals surface area contributed by atoms with E-state index in [9.17, 15) is 0 Å². The van der Waals surface area contributed by atoms with Gasteiger partial charge in [0.1, 0.15) is 0 Å². The molecule has 1 aromatic rings. The molecule has 1 saturated heterocycles. The summed E-state index contributed by atoms with van der Waals surface area (Å²) in [6.07, 6.45) is 2.93. The van der Waals surface area contributed by atoms with Gasteiger partial charge in [0.05, 0.1) is 0 Å². The minimum absolute atomic E-state index is 0.306. The van der Waals surface area contributed by atoms with Gasteiger partial charge in [-0.05, 0) is 18.9 Å². The summed E-state index contributed by atoms with van der Waals surface area (Å²) in [6, 6.07) is 0. The average Bonchev–Trinajstić information content (AvgIpc) is 2.76. The molecule has 78 valence electrons. The zero-order valence-corrected chi connectivity index (χ0v) is 9.39. The quantitative estimate of drug-likeness (QED) is 0.860. The maximum atomic E-state index is 9.00. The molecule has 14 heavy (non-hydrogen) atoms. The van der Waals surface area contributed by atoms with Crippen molar-refractivity contribution in [3.05, 3.63) is 15.5 Å². The predicted molar refractivity (Wildman–Crippen MR) is 57.6 cm³/mol. The molecule has 1 aliphatic heterocycles. The van der Waals surface area contributed by atoms with Crippen LogP contribution >= 0.6 is 22.9 Å². The topological polar surface area (TPSA) is 36.4 Å². The average molecular weight is 233 g/mol. The van der Waals surface area contributed by atoms with E-state index in [2.05, 4.69) is 9.88 Å². The third-order valence-corrected chi connectivity index (χ3v) is 3.63. The highest BCUT2D eigenvalue weighted by Crippen LogP contribution is 2.22. The standard InChI is InChI=1S/C9H13ClN2OS/c10-9-11-3-8(14-9)5-12-2-1-7(4-12)6-13/h3,7,13H,1-2,4-6H2/t7-/m1/s1. The molecule has 0 bridgehead atoms. The molecule has 0 spiro atoms. The molecule has 1 fully saturated rings. The fourth-order valence-corrected chi connectivity index (χ4v) is 2.80. The minimum atomic E-state index is 0.306. The van der Waals surface area contributed by atoms with Crippen LogP contribution in [0.2, 0.25) is 4.47 Å². The molecular weight excluding hydrogens is 220 g/mol. The monoisotopic (exact) mass is 232 g/mol.